The average molecular weight is 502 g/mol. The molecule has 0 spiro atoms. The van der Waals surface area contributed by atoms with Crippen LogP contribution in [0.5, 0.6) is 0 Å². The fourth-order valence-electron chi connectivity index (χ4n) is 2.29. The van der Waals surface area contributed by atoms with Gasteiger partial charge in [0.05, 0.1) is 131 Å². The minimum absolute atomic E-state index is 0.156. The maximum atomic E-state index is 9.55. The van der Waals surface area contributed by atoms with E-state index in [4.69, 9.17) is 53.1 Å². The summed E-state index contributed by atoms with van der Waals surface area (Å²) in [6, 6.07) is 0. The second-order valence-corrected chi connectivity index (χ2v) is 7.29. The maximum absolute atomic E-state index is 9.55. The zero-order chi connectivity index (χ0) is 25.0. The van der Waals surface area contributed by atoms with Crippen molar-refractivity contribution in [1.82, 2.24) is 0 Å². The van der Waals surface area contributed by atoms with Crippen LogP contribution in [-0.4, -0.2) is 150 Å². The predicted molar refractivity (Wildman–Crippen MR) is 124 cm³/mol. The maximum Gasteiger partial charge on any atom is 0.0862 e. The molecular formula is C22H47NO11. The molecule has 0 saturated heterocycles. The minimum Gasteiger partial charge on any atom is -0.394 e. The van der Waals surface area contributed by atoms with Crippen molar-refractivity contribution in [1.29, 1.82) is 0 Å². The van der Waals surface area contributed by atoms with Crippen LogP contribution < -0.4 is 5.73 Å². The summed E-state index contributed by atoms with van der Waals surface area (Å²) in [5, 5.41) is 9.55. The molecule has 12 heteroatoms. The molecule has 34 heavy (non-hydrogen) atoms. The van der Waals surface area contributed by atoms with E-state index < -0.39 is 5.54 Å². The Kier molecular flexibility index (Phi) is 26.7. The van der Waals surface area contributed by atoms with Gasteiger partial charge in [-0.2, -0.15) is 0 Å². The average Bonchev–Trinajstić information content (AvgIpc) is 2.85. The zero-order valence-corrected chi connectivity index (χ0v) is 21.0. The lowest BCUT2D eigenvalue weighted by molar-refractivity contribution is -0.0404. The van der Waals surface area contributed by atoms with E-state index in [0.717, 1.165) is 0 Å². The fraction of sp³-hybridized carbons (Fsp3) is 1.00. The molecule has 0 atom stereocenters. The minimum atomic E-state index is -0.974. The van der Waals surface area contributed by atoms with E-state index in [1.54, 1.807) is 14.2 Å². The van der Waals surface area contributed by atoms with Gasteiger partial charge in [-0.3, -0.25) is 0 Å². The molecule has 0 bridgehead atoms. The van der Waals surface area contributed by atoms with Gasteiger partial charge in [-0.05, 0) is 0 Å². The zero-order valence-electron chi connectivity index (χ0n) is 21.0. The van der Waals surface area contributed by atoms with Crippen molar-refractivity contribution in [2.45, 2.75) is 5.54 Å². The number of hydrogen-bond donors (Lipinski definition) is 2. The van der Waals surface area contributed by atoms with Crippen LogP contribution in [0.1, 0.15) is 0 Å². The van der Waals surface area contributed by atoms with Crippen molar-refractivity contribution in [3.05, 3.63) is 0 Å². The summed E-state index contributed by atoms with van der Waals surface area (Å²) in [4.78, 5) is 0. The molecule has 3 N–H and O–H groups in total. The number of rotatable bonds is 29. The van der Waals surface area contributed by atoms with E-state index in [1.165, 1.54) is 0 Å². The molecular weight excluding hydrogens is 454 g/mol. The standard InChI is InChI=1S/C22H47NO11/c1-25-3-5-27-7-9-29-11-13-31-15-17-33-20-22(23,19-24)21-34-18-16-32-14-12-30-10-8-28-6-4-26-2/h24H,3-21,23H2,1-2H3. The summed E-state index contributed by atoms with van der Waals surface area (Å²) in [5.74, 6) is 0. The summed E-state index contributed by atoms with van der Waals surface area (Å²) in [5.41, 5.74) is 5.14. The molecule has 0 unspecified atom stereocenters. The highest BCUT2D eigenvalue weighted by Crippen LogP contribution is 2.02. The number of aliphatic hydroxyl groups excluding tert-OH is 1. The predicted octanol–water partition coefficient (Wildman–Crippen LogP) is -0.898. The van der Waals surface area contributed by atoms with E-state index in [1.807, 2.05) is 0 Å². The van der Waals surface area contributed by atoms with Gasteiger partial charge >= 0.3 is 0 Å². The molecule has 0 radical (unpaired) electrons. The Bertz CT molecular complexity index is 364. The van der Waals surface area contributed by atoms with Gasteiger partial charge in [-0.1, -0.05) is 0 Å². The summed E-state index contributed by atoms with van der Waals surface area (Å²) in [6.45, 7) is 7.85. The monoisotopic (exact) mass is 501 g/mol. The Balaban J connectivity index is 3.42. The Morgan fingerprint density at radius 1 is 0.441 bits per heavy atom. The Labute approximate surface area is 204 Å². The fourth-order valence-corrected chi connectivity index (χ4v) is 2.29. The van der Waals surface area contributed by atoms with Gasteiger partial charge in [0, 0.05) is 14.2 Å². The van der Waals surface area contributed by atoms with E-state index in [0.29, 0.717) is 106 Å². The first-order chi connectivity index (χ1) is 16.7. The van der Waals surface area contributed by atoms with Crippen LogP contribution in [0.25, 0.3) is 0 Å². The molecule has 0 aliphatic rings. The lowest BCUT2D eigenvalue weighted by Crippen LogP contribution is -2.52. The molecule has 12 nitrogen and oxygen atoms in total. The molecule has 0 aromatic carbocycles. The SMILES string of the molecule is COCCOCCOCCOCCOCC(N)(CO)COCCOCCOCCOCCOC. The van der Waals surface area contributed by atoms with Crippen LogP contribution in [-0.2, 0) is 47.4 Å². The van der Waals surface area contributed by atoms with Crippen LogP contribution >= 0.6 is 0 Å². The van der Waals surface area contributed by atoms with E-state index in [-0.39, 0.29) is 19.8 Å². The van der Waals surface area contributed by atoms with Crippen LogP contribution in [0.3, 0.4) is 0 Å². The quantitative estimate of drug-likeness (QED) is 0.123. The first kappa shape index (κ1) is 33.5. The van der Waals surface area contributed by atoms with E-state index >= 15 is 0 Å². The van der Waals surface area contributed by atoms with Crippen LogP contribution in [0.15, 0.2) is 0 Å². The largest absolute Gasteiger partial charge is 0.394 e. The molecule has 0 aliphatic heterocycles. The normalized spacial score (nSPS) is 12.0. The lowest BCUT2D eigenvalue weighted by atomic mass is 10.1. The number of methoxy groups -OCH3 is 2. The lowest BCUT2D eigenvalue weighted by Gasteiger charge is -2.26. The molecule has 0 saturated carbocycles. The Hall–Kier alpha value is -0.480. The third-order valence-electron chi connectivity index (χ3n) is 4.19. The van der Waals surface area contributed by atoms with Gasteiger partial charge in [0.15, 0.2) is 0 Å². The summed E-state index contributed by atoms with van der Waals surface area (Å²) < 4.78 is 52.9. The number of aliphatic hydroxyl groups is 1. The van der Waals surface area contributed by atoms with Crippen LogP contribution in [0, 0.1) is 0 Å². The van der Waals surface area contributed by atoms with Crippen molar-refractivity contribution < 1.29 is 52.5 Å². The van der Waals surface area contributed by atoms with Crippen molar-refractivity contribution in [3.63, 3.8) is 0 Å². The van der Waals surface area contributed by atoms with Gasteiger partial charge in [-0.25, -0.2) is 0 Å². The third kappa shape index (κ3) is 24.6. The molecule has 0 aromatic heterocycles. The van der Waals surface area contributed by atoms with Gasteiger partial charge in [0.2, 0.25) is 0 Å². The highest BCUT2D eigenvalue weighted by molar-refractivity contribution is 4.83. The number of ether oxygens (including phenoxy) is 10. The highest BCUT2D eigenvalue weighted by Gasteiger charge is 2.24. The molecule has 0 heterocycles. The Morgan fingerprint density at radius 2 is 0.676 bits per heavy atom. The smallest absolute Gasteiger partial charge is 0.0862 e. The summed E-state index contributed by atoms with van der Waals surface area (Å²) in [7, 11) is 3.26. The second-order valence-electron chi connectivity index (χ2n) is 7.29. The molecule has 0 aromatic rings. The van der Waals surface area contributed by atoms with Gasteiger partial charge in [-0.15, -0.1) is 0 Å². The summed E-state index contributed by atoms with van der Waals surface area (Å²) in [6.07, 6.45) is 0. The van der Waals surface area contributed by atoms with Crippen molar-refractivity contribution in [2.24, 2.45) is 5.73 Å². The first-order valence-corrected chi connectivity index (χ1v) is 11.7. The second kappa shape index (κ2) is 27.1. The first-order valence-electron chi connectivity index (χ1n) is 11.7. The van der Waals surface area contributed by atoms with E-state index in [9.17, 15) is 5.11 Å². The van der Waals surface area contributed by atoms with Gasteiger partial charge < -0.3 is 58.2 Å². The molecule has 0 fully saturated rings. The van der Waals surface area contributed by atoms with Crippen molar-refractivity contribution in [3.8, 4) is 0 Å². The third-order valence-corrected chi connectivity index (χ3v) is 4.19. The Morgan fingerprint density at radius 3 is 0.912 bits per heavy atom. The summed E-state index contributed by atoms with van der Waals surface area (Å²) >= 11 is 0. The molecule has 206 valence electrons. The molecule has 0 amide bonds. The van der Waals surface area contributed by atoms with Crippen LogP contribution in [0.4, 0.5) is 0 Å². The highest BCUT2D eigenvalue weighted by atomic mass is 16.6. The number of hydrogen-bond acceptors (Lipinski definition) is 12. The van der Waals surface area contributed by atoms with Crippen LogP contribution in [0.2, 0.25) is 0 Å². The van der Waals surface area contributed by atoms with Gasteiger partial charge in [0.25, 0.3) is 0 Å². The van der Waals surface area contributed by atoms with Crippen molar-refractivity contribution in [2.75, 3.05) is 140 Å². The van der Waals surface area contributed by atoms with E-state index in [2.05, 4.69) is 0 Å². The van der Waals surface area contributed by atoms with Crippen molar-refractivity contribution >= 4 is 0 Å². The molecule has 0 rings (SSSR count). The van der Waals surface area contributed by atoms with Gasteiger partial charge in [0.1, 0.15) is 0 Å². The number of nitrogens with two attached hydrogens (primary N) is 1. The topological polar surface area (TPSA) is 139 Å². The molecule has 0 aliphatic carbocycles.